The molecule has 1 aliphatic heterocycles. The van der Waals surface area contributed by atoms with Crippen molar-refractivity contribution in [3.05, 3.63) is 75.3 Å². The van der Waals surface area contributed by atoms with Crippen LogP contribution >= 0.6 is 11.6 Å². The lowest BCUT2D eigenvalue weighted by atomic mass is 10.2. The van der Waals surface area contributed by atoms with Crippen LogP contribution in [0.3, 0.4) is 0 Å². The fraction of sp³-hybridized carbons (Fsp3) is 0.370. The molecule has 2 N–H and O–H groups in total. The first kappa shape index (κ1) is 36.5. The number of carbonyl (C=O) groups is 2. The van der Waals surface area contributed by atoms with E-state index in [1.54, 1.807) is 5.32 Å². The van der Waals surface area contributed by atoms with Crippen molar-refractivity contribution in [1.82, 2.24) is 44.3 Å². The van der Waals surface area contributed by atoms with Crippen LogP contribution in [0, 0.1) is 0 Å². The molecule has 3 aromatic heterocycles. The zero-order valence-electron chi connectivity index (χ0n) is 25.2. The maximum atomic E-state index is 13.7. The van der Waals surface area contributed by atoms with E-state index in [1.807, 2.05) is 0 Å². The van der Waals surface area contributed by atoms with Gasteiger partial charge in [0.05, 0.1) is 23.6 Å². The molecule has 0 radical (unpaired) electrons. The van der Waals surface area contributed by atoms with Crippen molar-refractivity contribution in [3.8, 4) is 17.2 Å². The van der Waals surface area contributed by atoms with Crippen LogP contribution in [0.4, 0.5) is 26.3 Å². The molecule has 5 rings (SSSR count). The van der Waals surface area contributed by atoms with Gasteiger partial charge in [0.1, 0.15) is 13.1 Å². The molecule has 4 aromatic rings. The van der Waals surface area contributed by atoms with Crippen molar-refractivity contribution in [2.75, 3.05) is 31.1 Å². The third kappa shape index (κ3) is 8.30. The first-order valence-electron chi connectivity index (χ1n) is 14.3. The number of hydrogen-bond acceptors (Lipinski definition) is 10. The summed E-state index contributed by atoms with van der Waals surface area (Å²) in [7, 11) is -3.45. The average molecular weight is 752 g/mol. The predicted octanol–water partition coefficient (Wildman–Crippen LogP) is 1.48. The molecule has 1 atom stereocenters. The highest BCUT2D eigenvalue weighted by molar-refractivity contribution is 7.91. The number of benzene rings is 1. The monoisotopic (exact) mass is 751 g/mol. The van der Waals surface area contributed by atoms with Crippen molar-refractivity contribution < 1.29 is 49.5 Å². The van der Waals surface area contributed by atoms with Crippen LogP contribution in [0.25, 0.3) is 17.2 Å². The van der Waals surface area contributed by atoms with Crippen LogP contribution in [-0.4, -0.2) is 114 Å². The van der Waals surface area contributed by atoms with Gasteiger partial charge in [0.2, 0.25) is 5.82 Å². The standard InChI is InChI=1S/C27H24ClF6N9O6S/c28-16-5-3-15(4-6-16)20-39-42(25(47)41(20)12-18(44)27(32,33)34)13-19-37-22(24(46)40-8-10-50(48,49)11-9-40)43(38-19)21-17(2-1-7-35-21)23(45)36-14-26(29,30)31/h1-7,18,44H,8-14H2,(H,36,45)/t18-/m0/s1. The van der Waals surface area contributed by atoms with E-state index >= 15 is 0 Å². The van der Waals surface area contributed by atoms with E-state index in [2.05, 4.69) is 20.2 Å². The molecule has 1 aliphatic rings. The Hall–Kier alpha value is -4.83. The van der Waals surface area contributed by atoms with Crippen LogP contribution in [0.2, 0.25) is 5.02 Å². The molecule has 1 saturated heterocycles. The molecule has 4 heterocycles. The Bertz CT molecular complexity index is 2070. The molecule has 1 aromatic carbocycles. The Kier molecular flexibility index (Phi) is 10.1. The van der Waals surface area contributed by atoms with Crippen molar-refractivity contribution in [2.24, 2.45) is 0 Å². The fourth-order valence-electron chi connectivity index (χ4n) is 4.71. The van der Waals surface area contributed by atoms with Gasteiger partial charge in [-0.3, -0.25) is 14.2 Å². The first-order valence-corrected chi connectivity index (χ1v) is 16.5. The number of halogens is 7. The van der Waals surface area contributed by atoms with Gasteiger partial charge in [-0.05, 0) is 36.4 Å². The summed E-state index contributed by atoms with van der Waals surface area (Å²) < 4.78 is 104. The molecule has 0 saturated carbocycles. The second-order valence-electron chi connectivity index (χ2n) is 10.8. The number of nitrogens with zero attached hydrogens (tertiary/aromatic N) is 8. The number of aliphatic hydroxyl groups excluding tert-OH is 1. The lowest BCUT2D eigenvalue weighted by Crippen LogP contribution is -2.44. The van der Waals surface area contributed by atoms with Gasteiger partial charge < -0.3 is 15.3 Å². The maximum Gasteiger partial charge on any atom is 0.416 e. The number of hydrogen-bond donors (Lipinski definition) is 2. The number of aliphatic hydroxyl groups is 1. The molecule has 2 amide bonds. The number of nitrogens with one attached hydrogen (secondary N) is 1. The SMILES string of the molecule is O=C(NCC(F)(F)F)c1cccnc1-n1nc(Cn2nc(-c3ccc(Cl)cc3)n(C[C@H](O)C(F)(F)F)c2=O)nc1C(=O)N1CCS(=O)(=O)CC1. The Labute approximate surface area is 282 Å². The fourth-order valence-corrected chi connectivity index (χ4v) is 6.04. The van der Waals surface area contributed by atoms with Crippen molar-refractivity contribution in [3.63, 3.8) is 0 Å². The van der Waals surface area contributed by atoms with Gasteiger partial charge in [0.25, 0.3) is 11.8 Å². The molecular formula is C27H24ClF6N9O6S. The van der Waals surface area contributed by atoms with Gasteiger partial charge >= 0.3 is 18.0 Å². The highest BCUT2D eigenvalue weighted by Crippen LogP contribution is 2.24. The number of rotatable bonds is 9. The molecular weight excluding hydrogens is 728 g/mol. The van der Waals surface area contributed by atoms with Gasteiger partial charge in [-0.1, -0.05) is 11.6 Å². The normalized spacial score (nSPS) is 15.6. The number of pyridine rings is 1. The van der Waals surface area contributed by atoms with E-state index in [4.69, 9.17) is 11.6 Å². The van der Waals surface area contributed by atoms with E-state index in [1.165, 1.54) is 30.3 Å². The number of amides is 2. The number of sulfone groups is 1. The van der Waals surface area contributed by atoms with Crippen LogP contribution < -0.4 is 11.0 Å². The van der Waals surface area contributed by atoms with E-state index in [-0.39, 0.29) is 29.5 Å². The van der Waals surface area contributed by atoms with Crippen LogP contribution in [0.5, 0.6) is 0 Å². The van der Waals surface area contributed by atoms with E-state index in [0.29, 0.717) is 9.25 Å². The van der Waals surface area contributed by atoms with E-state index < -0.39 is 100.0 Å². The molecule has 1 fully saturated rings. The smallest absolute Gasteiger partial charge is 0.382 e. The average Bonchev–Trinajstić information content (AvgIpc) is 3.60. The zero-order chi connectivity index (χ0) is 36.6. The summed E-state index contributed by atoms with van der Waals surface area (Å²) in [6.45, 7) is -4.20. The zero-order valence-corrected chi connectivity index (χ0v) is 26.8. The molecule has 0 unspecified atom stereocenters. The maximum absolute atomic E-state index is 13.7. The summed E-state index contributed by atoms with van der Waals surface area (Å²) in [5.74, 6) is -4.70. The minimum absolute atomic E-state index is 0.136. The third-order valence-electron chi connectivity index (χ3n) is 7.21. The molecule has 0 spiro atoms. The second-order valence-corrected chi connectivity index (χ2v) is 13.6. The van der Waals surface area contributed by atoms with E-state index in [0.717, 1.165) is 21.8 Å². The lowest BCUT2D eigenvalue weighted by Gasteiger charge is -2.26. The van der Waals surface area contributed by atoms with Gasteiger partial charge in [-0.15, -0.1) is 10.2 Å². The third-order valence-corrected chi connectivity index (χ3v) is 9.07. The Balaban J connectivity index is 1.59. The van der Waals surface area contributed by atoms with Gasteiger partial charge in [0, 0.05) is 29.9 Å². The number of carbonyl (C=O) groups excluding carboxylic acids is 2. The summed E-state index contributed by atoms with van der Waals surface area (Å²) in [6, 6.07) is 7.80. The van der Waals surface area contributed by atoms with Crippen molar-refractivity contribution in [2.45, 2.75) is 31.5 Å². The van der Waals surface area contributed by atoms with Crippen molar-refractivity contribution in [1.29, 1.82) is 0 Å². The molecule has 23 heteroatoms. The predicted molar refractivity (Wildman–Crippen MR) is 160 cm³/mol. The quantitative estimate of drug-likeness (QED) is 0.237. The van der Waals surface area contributed by atoms with Crippen LogP contribution in [0.15, 0.2) is 47.4 Å². The van der Waals surface area contributed by atoms with Crippen LogP contribution in [-0.2, 0) is 22.9 Å². The Morgan fingerprint density at radius 1 is 1.02 bits per heavy atom. The summed E-state index contributed by atoms with van der Waals surface area (Å²) >= 11 is 5.92. The largest absolute Gasteiger partial charge is 0.416 e. The number of aromatic nitrogens is 7. The molecule has 15 nitrogen and oxygen atoms in total. The van der Waals surface area contributed by atoms with Crippen LogP contribution in [0.1, 0.15) is 26.8 Å². The summed E-state index contributed by atoms with van der Waals surface area (Å²) in [6.07, 6.45) is -11.7. The van der Waals surface area contributed by atoms with E-state index in [9.17, 15) is 54.3 Å². The number of alkyl halides is 6. The highest BCUT2D eigenvalue weighted by atomic mass is 35.5. The molecule has 0 bridgehead atoms. The molecule has 0 aliphatic carbocycles. The minimum atomic E-state index is -5.10. The Morgan fingerprint density at radius 2 is 1.68 bits per heavy atom. The van der Waals surface area contributed by atoms with Crippen molar-refractivity contribution >= 4 is 33.3 Å². The highest BCUT2D eigenvalue weighted by Gasteiger charge is 2.39. The van der Waals surface area contributed by atoms with Gasteiger partial charge in [-0.2, -0.15) is 31.0 Å². The molecule has 50 heavy (non-hydrogen) atoms. The second kappa shape index (κ2) is 13.8. The summed E-state index contributed by atoms with van der Waals surface area (Å²) in [5.41, 5.74) is -1.50. The molecule has 268 valence electrons. The Morgan fingerprint density at radius 3 is 2.30 bits per heavy atom. The summed E-state index contributed by atoms with van der Waals surface area (Å²) in [4.78, 5) is 49.1. The van der Waals surface area contributed by atoms with Gasteiger partial charge in [0.15, 0.2) is 33.4 Å². The minimum Gasteiger partial charge on any atom is -0.382 e. The van der Waals surface area contributed by atoms with Gasteiger partial charge in [-0.25, -0.2) is 27.9 Å². The lowest BCUT2D eigenvalue weighted by molar-refractivity contribution is -0.207. The first-order chi connectivity index (χ1) is 23.3. The summed E-state index contributed by atoms with van der Waals surface area (Å²) in [5, 5.41) is 20.0. The topological polar surface area (TPSA) is 187 Å².